The van der Waals surface area contributed by atoms with Crippen molar-refractivity contribution in [2.45, 2.75) is 39.0 Å². The number of aryl methyl sites for hydroxylation is 1. The number of carboxylic acids is 1. The summed E-state index contributed by atoms with van der Waals surface area (Å²) in [5.74, 6) is -0.147. The predicted octanol–water partition coefficient (Wildman–Crippen LogP) is 4.58. The summed E-state index contributed by atoms with van der Waals surface area (Å²) in [5, 5.41) is 9.75. The monoisotopic (exact) mass is 304 g/mol. The molecule has 0 heterocycles. The number of hydrogen-bond donors (Lipinski definition) is 1. The van der Waals surface area contributed by atoms with Crippen LogP contribution in [0.3, 0.4) is 0 Å². The Labute approximate surface area is 123 Å². The van der Waals surface area contributed by atoms with Gasteiger partial charge in [0.1, 0.15) is 5.75 Å². The fraction of sp³-hybridized carbons (Fsp3) is 0.500. The lowest BCUT2D eigenvalue weighted by Crippen LogP contribution is -1.96. The third-order valence-electron chi connectivity index (χ3n) is 2.74. The average molecular weight is 305 g/mol. The van der Waals surface area contributed by atoms with E-state index in [0.29, 0.717) is 28.8 Å². The molecule has 3 nitrogen and oxygen atoms in total. The zero-order chi connectivity index (χ0) is 14.3. The zero-order valence-corrected chi connectivity index (χ0v) is 12.4. The predicted molar refractivity (Wildman–Crippen MR) is 77.4 cm³/mol. The summed E-state index contributed by atoms with van der Waals surface area (Å²) < 4.78 is 5.36. The second-order valence-electron chi connectivity index (χ2n) is 4.26. The van der Waals surface area contributed by atoms with Crippen molar-refractivity contribution in [2.75, 3.05) is 6.61 Å². The maximum Gasteiger partial charge on any atom is 0.303 e. The van der Waals surface area contributed by atoms with Crippen molar-refractivity contribution in [3.8, 4) is 5.75 Å². The Balaban J connectivity index is 2.50. The number of halogens is 2. The van der Waals surface area contributed by atoms with Gasteiger partial charge in [0.25, 0.3) is 0 Å². The van der Waals surface area contributed by atoms with Crippen LogP contribution < -0.4 is 4.74 Å². The Bertz CT molecular complexity index is 433. The van der Waals surface area contributed by atoms with Crippen molar-refractivity contribution in [2.24, 2.45) is 0 Å². The van der Waals surface area contributed by atoms with Crippen molar-refractivity contribution >= 4 is 29.2 Å². The molecule has 0 aromatic heterocycles. The molecule has 5 heteroatoms. The van der Waals surface area contributed by atoms with Crippen molar-refractivity contribution in [1.29, 1.82) is 0 Å². The summed E-state index contributed by atoms with van der Waals surface area (Å²) in [6.07, 6.45) is 3.48. The minimum absolute atomic E-state index is 0.220. The van der Waals surface area contributed by atoms with Gasteiger partial charge in [0, 0.05) is 17.5 Å². The standard InChI is InChI=1S/C14H18Cl2O3/c1-2-19-13-9-11(15)10(8-12(13)16)6-4-3-5-7-14(17)18/h8-9H,2-7H2,1H3,(H,17,18). The molecule has 0 saturated carbocycles. The Morgan fingerprint density at radius 2 is 1.95 bits per heavy atom. The largest absolute Gasteiger partial charge is 0.492 e. The minimum atomic E-state index is -0.748. The number of benzene rings is 1. The van der Waals surface area contributed by atoms with Gasteiger partial charge in [0.2, 0.25) is 0 Å². The Kier molecular flexibility index (Phi) is 7.03. The van der Waals surface area contributed by atoms with Gasteiger partial charge < -0.3 is 9.84 Å². The van der Waals surface area contributed by atoms with Gasteiger partial charge in [-0.05, 0) is 37.8 Å². The molecular weight excluding hydrogens is 287 g/mol. The lowest BCUT2D eigenvalue weighted by Gasteiger charge is -2.10. The molecule has 0 spiro atoms. The molecule has 0 bridgehead atoms. The highest BCUT2D eigenvalue weighted by molar-refractivity contribution is 6.34. The highest BCUT2D eigenvalue weighted by atomic mass is 35.5. The number of ether oxygens (including phenoxy) is 1. The van der Waals surface area contributed by atoms with Gasteiger partial charge in [-0.3, -0.25) is 4.79 Å². The van der Waals surface area contributed by atoms with Gasteiger partial charge in [-0.15, -0.1) is 0 Å². The van der Waals surface area contributed by atoms with E-state index in [1.807, 2.05) is 13.0 Å². The molecule has 0 aliphatic rings. The summed E-state index contributed by atoms with van der Waals surface area (Å²) in [6.45, 7) is 2.44. The van der Waals surface area contributed by atoms with E-state index in [-0.39, 0.29) is 6.42 Å². The number of rotatable bonds is 8. The van der Waals surface area contributed by atoms with Crippen LogP contribution in [0.25, 0.3) is 0 Å². The van der Waals surface area contributed by atoms with E-state index in [1.165, 1.54) is 0 Å². The molecule has 0 aliphatic carbocycles. The first-order valence-electron chi connectivity index (χ1n) is 6.37. The van der Waals surface area contributed by atoms with Crippen molar-refractivity contribution in [3.63, 3.8) is 0 Å². The van der Waals surface area contributed by atoms with E-state index in [9.17, 15) is 4.79 Å². The molecule has 0 atom stereocenters. The number of unbranched alkanes of at least 4 members (excludes halogenated alkanes) is 2. The van der Waals surface area contributed by atoms with Crippen LogP contribution in [0.4, 0.5) is 0 Å². The maximum absolute atomic E-state index is 10.4. The van der Waals surface area contributed by atoms with E-state index in [1.54, 1.807) is 6.07 Å². The molecule has 1 aromatic rings. The van der Waals surface area contributed by atoms with E-state index < -0.39 is 5.97 Å². The fourth-order valence-electron chi connectivity index (χ4n) is 1.80. The van der Waals surface area contributed by atoms with E-state index in [2.05, 4.69) is 0 Å². The highest BCUT2D eigenvalue weighted by Gasteiger charge is 2.08. The highest BCUT2D eigenvalue weighted by Crippen LogP contribution is 2.32. The first-order valence-corrected chi connectivity index (χ1v) is 7.12. The van der Waals surface area contributed by atoms with Crippen LogP contribution in [0.5, 0.6) is 5.75 Å². The maximum atomic E-state index is 10.4. The molecule has 0 saturated heterocycles. The third-order valence-corrected chi connectivity index (χ3v) is 3.38. The van der Waals surface area contributed by atoms with Crippen LogP contribution in [0.2, 0.25) is 10.0 Å². The van der Waals surface area contributed by atoms with Crippen LogP contribution in [-0.4, -0.2) is 17.7 Å². The van der Waals surface area contributed by atoms with Crippen molar-refractivity contribution in [3.05, 3.63) is 27.7 Å². The van der Waals surface area contributed by atoms with Crippen LogP contribution in [0, 0.1) is 0 Å². The number of carbonyl (C=O) groups is 1. The zero-order valence-electron chi connectivity index (χ0n) is 10.9. The van der Waals surface area contributed by atoms with Crippen LogP contribution in [0.15, 0.2) is 12.1 Å². The summed E-state index contributed by atoms with van der Waals surface area (Å²) in [5.41, 5.74) is 0.977. The summed E-state index contributed by atoms with van der Waals surface area (Å²) in [6, 6.07) is 3.56. The van der Waals surface area contributed by atoms with Gasteiger partial charge in [0.15, 0.2) is 0 Å². The Hall–Kier alpha value is -0.930. The molecular formula is C14H18Cl2O3. The van der Waals surface area contributed by atoms with Gasteiger partial charge in [-0.1, -0.05) is 29.6 Å². The van der Waals surface area contributed by atoms with Crippen LogP contribution in [0.1, 0.15) is 38.2 Å². The molecule has 0 unspecified atom stereocenters. The molecule has 0 amide bonds. The molecule has 0 aliphatic heterocycles. The van der Waals surface area contributed by atoms with Gasteiger partial charge in [0.05, 0.1) is 11.6 Å². The van der Waals surface area contributed by atoms with E-state index in [4.69, 9.17) is 33.0 Å². The van der Waals surface area contributed by atoms with E-state index >= 15 is 0 Å². The minimum Gasteiger partial charge on any atom is -0.492 e. The lowest BCUT2D eigenvalue weighted by atomic mass is 10.1. The van der Waals surface area contributed by atoms with E-state index in [0.717, 1.165) is 24.8 Å². The topological polar surface area (TPSA) is 46.5 Å². The quantitative estimate of drug-likeness (QED) is 0.715. The van der Waals surface area contributed by atoms with Crippen molar-refractivity contribution in [1.82, 2.24) is 0 Å². The molecule has 19 heavy (non-hydrogen) atoms. The second kappa shape index (κ2) is 8.28. The first-order chi connectivity index (χ1) is 9.04. The molecule has 1 aromatic carbocycles. The molecule has 0 radical (unpaired) electrons. The van der Waals surface area contributed by atoms with Crippen molar-refractivity contribution < 1.29 is 14.6 Å². The molecule has 1 rings (SSSR count). The third kappa shape index (κ3) is 5.70. The van der Waals surface area contributed by atoms with Gasteiger partial charge in [-0.25, -0.2) is 0 Å². The number of carboxylic acid groups (broad SMARTS) is 1. The number of aliphatic carboxylic acids is 1. The van der Waals surface area contributed by atoms with Crippen LogP contribution >= 0.6 is 23.2 Å². The summed E-state index contributed by atoms with van der Waals surface area (Å²) >= 11 is 12.3. The smallest absolute Gasteiger partial charge is 0.303 e. The lowest BCUT2D eigenvalue weighted by molar-refractivity contribution is -0.137. The number of hydrogen-bond acceptors (Lipinski definition) is 2. The molecule has 1 N–H and O–H groups in total. The molecule has 106 valence electrons. The van der Waals surface area contributed by atoms with Gasteiger partial charge >= 0.3 is 5.97 Å². The Morgan fingerprint density at radius 3 is 2.58 bits per heavy atom. The second-order valence-corrected chi connectivity index (χ2v) is 5.08. The SMILES string of the molecule is CCOc1cc(Cl)c(CCCCCC(=O)O)cc1Cl. The first kappa shape index (κ1) is 16.1. The summed E-state index contributed by atoms with van der Waals surface area (Å²) in [7, 11) is 0. The van der Waals surface area contributed by atoms with Gasteiger partial charge in [-0.2, -0.15) is 0 Å². The Morgan fingerprint density at radius 1 is 1.21 bits per heavy atom. The normalized spacial score (nSPS) is 10.5. The summed E-state index contributed by atoms with van der Waals surface area (Å²) in [4.78, 5) is 10.4. The average Bonchev–Trinajstić information content (AvgIpc) is 2.34. The fourth-order valence-corrected chi connectivity index (χ4v) is 2.28. The van der Waals surface area contributed by atoms with Crippen LogP contribution in [-0.2, 0) is 11.2 Å². The molecule has 0 fully saturated rings.